The van der Waals surface area contributed by atoms with Crippen molar-refractivity contribution >= 4 is 45.8 Å². The van der Waals surface area contributed by atoms with Crippen molar-refractivity contribution in [3.8, 4) is 0 Å². The summed E-state index contributed by atoms with van der Waals surface area (Å²) in [7, 11) is 1.34. The highest BCUT2D eigenvalue weighted by Gasteiger charge is 2.18. The van der Waals surface area contributed by atoms with E-state index in [-0.39, 0.29) is 0 Å². The molecule has 5 heteroatoms. The van der Waals surface area contributed by atoms with Crippen LogP contribution < -0.4 is 5.73 Å². The third kappa shape index (κ3) is 3.25. The molecule has 0 aliphatic heterocycles. The van der Waals surface area contributed by atoms with E-state index in [0.29, 0.717) is 25.8 Å². The van der Waals surface area contributed by atoms with E-state index in [0.717, 1.165) is 12.0 Å². The fourth-order valence-corrected chi connectivity index (χ4v) is 2.43. The fourth-order valence-electron chi connectivity index (χ4n) is 1.56. The van der Waals surface area contributed by atoms with Gasteiger partial charge in [0.2, 0.25) is 0 Å². The molecule has 0 radical (unpaired) electrons. The third-order valence-corrected chi connectivity index (χ3v) is 4.20. The summed E-state index contributed by atoms with van der Waals surface area (Å²) in [5.41, 5.74) is 7.97. The van der Waals surface area contributed by atoms with Gasteiger partial charge in [-0.05, 0) is 46.6 Å². The van der Waals surface area contributed by atoms with Crippen LogP contribution in [-0.4, -0.2) is 13.1 Å². The van der Waals surface area contributed by atoms with Gasteiger partial charge in [-0.15, -0.1) is 0 Å². The normalized spacial score (nSPS) is 10.7. The molecule has 0 amide bonds. The lowest BCUT2D eigenvalue weighted by atomic mass is 9.99. The van der Waals surface area contributed by atoms with Gasteiger partial charge in [0.25, 0.3) is 0 Å². The number of benzene rings is 1. The Morgan fingerprint density at radius 2 is 2.18 bits per heavy atom. The Balaban J connectivity index is 3.33. The Labute approximate surface area is 120 Å². The molecular weight excluding hydrogens is 352 g/mol. The van der Waals surface area contributed by atoms with Crippen LogP contribution in [0, 0.1) is 9.49 Å². The Bertz CT molecular complexity index is 447. The number of ether oxygens (including phenoxy) is 1. The van der Waals surface area contributed by atoms with E-state index in [2.05, 4.69) is 36.4 Å². The van der Waals surface area contributed by atoms with Gasteiger partial charge in [-0.25, -0.2) is 4.79 Å². The van der Waals surface area contributed by atoms with Gasteiger partial charge in [0.05, 0.1) is 21.3 Å². The van der Waals surface area contributed by atoms with E-state index in [1.807, 2.05) is 0 Å². The molecule has 94 valence electrons. The highest BCUT2D eigenvalue weighted by Crippen LogP contribution is 2.32. The zero-order chi connectivity index (χ0) is 13.2. The zero-order valence-electron chi connectivity index (χ0n) is 10.0. The Morgan fingerprint density at radius 1 is 1.59 bits per heavy atom. The Morgan fingerprint density at radius 3 is 2.65 bits per heavy atom. The first-order valence-corrected chi connectivity index (χ1v) is 6.68. The maximum Gasteiger partial charge on any atom is 0.339 e. The lowest BCUT2D eigenvalue weighted by Gasteiger charge is -2.14. The number of halogens is 2. The molecule has 1 aromatic carbocycles. The Hall–Kier alpha value is -0.490. The second-order valence-electron chi connectivity index (χ2n) is 4.21. The van der Waals surface area contributed by atoms with E-state index in [1.54, 1.807) is 6.07 Å². The summed E-state index contributed by atoms with van der Waals surface area (Å²) < 4.78 is 5.42. The summed E-state index contributed by atoms with van der Waals surface area (Å²) in [5, 5.41) is 0.363. The zero-order valence-corrected chi connectivity index (χ0v) is 12.9. The van der Waals surface area contributed by atoms with Crippen LogP contribution in [0.4, 0.5) is 5.69 Å². The first-order chi connectivity index (χ1) is 7.88. The number of esters is 1. The van der Waals surface area contributed by atoms with Crippen molar-refractivity contribution in [1.82, 2.24) is 0 Å². The standard InChI is InChI=1S/C12H15ClINO2/c1-6(2)4-7-5-8(12(16)17-3)9(13)10(14)11(7)15/h5-6H,4,15H2,1-3H3. The number of nitrogens with two attached hydrogens (primary N) is 1. The molecule has 17 heavy (non-hydrogen) atoms. The van der Waals surface area contributed by atoms with Crippen LogP contribution in [-0.2, 0) is 11.2 Å². The van der Waals surface area contributed by atoms with Crippen molar-refractivity contribution in [2.45, 2.75) is 20.3 Å². The largest absolute Gasteiger partial charge is 0.465 e. The molecule has 0 aliphatic rings. The van der Waals surface area contributed by atoms with Crippen LogP contribution >= 0.6 is 34.2 Å². The third-order valence-electron chi connectivity index (χ3n) is 2.36. The minimum Gasteiger partial charge on any atom is -0.465 e. The van der Waals surface area contributed by atoms with Crippen molar-refractivity contribution < 1.29 is 9.53 Å². The second-order valence-corrected chi connectivity index (χ2v) is 5.67. The molecule has 0 aromatic heterocycles. The quantitative estimate of drug-likeness (QED) is 0.505. The molecule has 0 unspecified atom stereocenters. The number of carbonyl (C=O) groups is 1. The number of rotatable bonds is 3. The highest BCUT2D eigenvalue weighted by molar-refractivity contribution is 14.1. The molecule has 0 atom stereocenters. The maximum atomic E-state index is 11.6. The van der Waals surface area contributed by atoms with Gasteiger partial charge in [-0.1, -0.05) is 25.4 Å². The monoisotopic (exact) mass is 367 g/mol. The molecule has 3 nitrogen and oxygen atoms in total. The average molecular weight is 368 g/mol. The number of anilines is 1. The van der Waals surface area contributed by atoms with Crippen LogP contribution in [0.2, 0.25) is 5.02 Å². The van der Waals surface area contributed by atoms with Crippen molar-refractivity contribution in [1.29, 1.82) is 0 Å². The highest BCUT2D eigenvalue weighted by atomic mass is 127. The van der Waals surface area contributed by atoms with Gasteiger partial charge < -0.3 is 10.5 Å². The molecule has 2 N–H and O–H groups in total. The van der Waals surface area contributed by atoms with Gasteiger partial charge in [-0.3, -0.25) is 0 Å². The molecule has 0 bridgehead atoms. The summed E-state index contributed by atoms with van der Waals surface area (Å²) in [4.78, 5) is 11.6. The number of carbonyl (C=O) groups excluding carboxylic acids is 1. The van der Waals surface area contributed by atoms with Gasteiger partial charge >= 0.3 is 5.97 Å². The fraction of sp³-hybridized carbons (Fsp3) is 0.417. The van der Waals surface area contributed by atoms with Crippen molar-refractivity contribution in [2.24, 2.45) is 5.92 Å². The number of hydrogen-bond acceptors (Lipinski definition) is 3. The summed E-state index contributed by atoms with van der Waals surface area (Å²) in [6.45, 7) is 4.19. The minimum absolute atomic E-state index is 0.363. The molecule has 0 saturated carbocycles. The van der Waals surface area contributed by atoms with Crippen molar-refractivity contribution in [2.75, 3.05) is 12.8 Å². The second kappa shape index (κ2) is 5.91. The van der Waals surface area contributed by atoms with E-state index >= 15 is 0 Å². The van der Waals surface area contributed by atoms with Gasteiger partial charge in [0.15, 0.2) is 0 Å². The predicted molar refractivity (Wildman–Crippen MR) is 78.5 cm³/mol. The summed E-state index contributed by atoms with van der Waals surface area (Å²) in [6, 6.07) is 1.73. The van der Waals surface area contributed by atoms with Crippen molar-refractivity contribution in [3.63, 3.8) is 0 Å². The van der Waals surface area contributed by atoms with Gasteiger partial charge in [0, 0.05) is 5.69 Å². The molecule has 1 aromatic rings. The first kappa shape index (κ1) is 14.6. The lowest BCUT2D eigenvalue weighted by Crippen LogP contribution is -2.09. The summed E-state index contributed by atoms with van der Waals surface area (Å²) in [5.74, 6) is 0.0256. The van der Waals surface area contributed by atoms with Crippen LogP contribution in [0.25, 0.3) is 0 Å². The average Bonchev–Trinajstić information content (AvgIpc) is 2.28. The molecule has 0 heterocycles. The molecular formula is C12H15ClINO2. The molecule has 1 rings (SSSR count). The number of methoxy groups -OCH3 is 1. The number of hydrogen-bond donors (Lipinski definition) is 1. The summed E-state index contributed by atoms with van der Waals surface area (Å²) >= 11 is 8.14. The van der Waals surface area contributed by atoms with Gasteiger partial charge in [0.1, 0.15) is 0 Å². The van der Waals surface area contributed by atoms with Crippen molar-refractivity contribution in [3.05, 3.63) is 25.8 Å². The topological polar surface area (TPSA) is 52.3 Å². The molecule has 0 spiro atoms. The Kier molecular flexibility index (Phi) is 5.06. The smallest absolute Gasteiger partial charge is 0.339 e. The molecule has 0 saturated heterocycles. The molecule has 0 fully saturated rings. The van der Waals surface area contributed by atoms with Gasteiger partial charge in [-0.2, -0.15) is 0 Å². The molecule has 0 aliphatic carbocycles. The van der Waals surface area contributed by atoms with Crippen LogP contribution in [0.3, 0.4) is 0 Å². The minimum atomic E-state index is -0.432. The van der Waals surface area contributed by atoms with E-state index in [9.17, 15) is 4.79 Å². The number of nitrogen functional groups attached to an aromatic ring is 1. The van der Waals surface area contributed by atoms with E-state index in [1.165, 1.54) is 7.11 Å². The van der Waals surface area contributed by atoms with E-state index in [4.69, 9.17) is 22.1 Å². The SMILES string of the molecule is COC(=O)c1cc(CC(C)C)c(N)c(I)c1Cl. The van der Waals surface area contributed by atoms with E-state index < -0.39 is 5.97 Å². The maximum absolute atomic E-state index is 11.6. The summed E-state index contributed by atoms with van der Waals surface area (Å²) in [6.07, 6.45) is 0.809. The first-order valence-electron chi connectivity index (χ1n) is 5.23. The van der Waals surface area contributed by atoms with Crippen LogP contribution in [0.5, 0.6) is 0 Å². The predicted octanol–water partition coefficient (Wildman–Crippen LogP) is 3.51. The van der Waals surface area contributed by atoms with Crippen LogP contribution in [0.15, 0.2) is 6.07 Å². The van der Waals surface area contributed by atoms with Crippen LogP contribution in [0.1, 0.15) is 29.8 Å². The lowest BCUT2D eigenvalue weighted by molar-refractivity contribution is 0.0600.